The summed E-state index contributed by atoms with van der Waals surface area (Å²) in [5.74, 6) is 0.451. The molecule has 0 bridgehead atoms. The highest BCUT2D eigenvalue weighted by atomic mass is 16.3. The van der Waals surface area contributed by atoms with Gasteiger partial charge >= 0.3 is 0 Å². The molecule has 1 fully saturated rings. The molecule has 2 nitrogen and oxygen atoms in total. The first-order valence-corrected chi connectivity index (χ1v) is 4.07. The van der Waals surface area contributed by atoms with Crippen LogP contribution in [0.15, 0.2) is 0 Å². The van der Waals surface area contributed by atoms with Crippen LogP contribution in [-0.4, -0.2) is 36.2 Å². The van der Waals surface area contributed by atoms with E-state index in [-0.39, 0.29) is 0 Å². The number of aliphatic hydroxyl groups excluding tert-OH is 1. The van der Waals surface area contributed by atoms with Crippen molar-refractivity contribution in [2.75, 3.05) is 20.2 Å². The minimum atomic E-state index is 0.328. The lowest BCUT2D eigenvalue weighted by molar-refractivity contribution is 0.156. The van der Waals surface area contributed by atoms with Crippen LogP contribution < -0.4 is 0 Å². The lowest BCUT2D eigenvalue weighted by atomic mass is 10.0. The Morgan fingerprint density at radius 1 is 1.70 bits per heavy atom. The summed E-state index contributed by atoms with van der Waals surface area (Å²) in [6.45, 7) is 3.65. The first-order valence-electron chi connectivity index (χ1n) is 4.07. The molecule has 1 aliphatic heterocycles. The fourth-order valence-electron chi connectivity index (χ4n) is 1.78. The van der Waals surface area contributed by atoms with Gasteiger partial charge in [-0.1, -0.05) is 6.92 Å². The topological polar surface area (TPSA) is 23.5 Å². The molecule has 0 spiro atoms. The Bertz CT molecular complexity index is 105. The molecule has 1 saturated heterocycles. The third-order valence-corrected chi connectivity index (χ3v) is 2.52. The SMILES string of the molecule is CC(CO)C1CCCN1C. The van der Waals surface area contributed by atoms with Crippen LogP contribution in [-0.2, 0) is 0 Å². The molecule has 0 aliphatic carbocycles. The molecule has 0 aromatic rings. The van der Waals surface area contributed by atoms with Crippen LogP contribution >= 0.6 is 0 Å². The summed E-state index contributed by atoms with van der Waals surface area (Å²) < 4.78 is 0. The second-order valence-electron chi connectivity index (χ2n) is 3.35. The van der Waals surface area contributed by atoms with E-state index in [2.05, 4.69) is 18.9 Å². The zero-order chi connectivity index (χ0) is 7.56. The van der Waals surface area contributed by atoms with Crippen molar-refractivity contribution in [3.63, 3.8) is 0 Å². The van der Waals surface area contributed by atoms with Crippen molar-refractivity contribution in [1.82, 2.24) is 4.90 Å². The van der Waals surface area contributed by atoms with E-state index in [0.717, 1.165) is 0 Å². The maximum atomic E-state index is 8.89. The van der Waals surface area contributed by atoms with Gasteiger partial charge in [0.1, 0.15) is 0 Å². The number of hydrogen-bond donors (Lipinski definition) is 1. The van der Waals surface area contributed by atoms with E-state index in [4.69, 9.17) is 5.11 Å². The van der Waals surface area contributed by atoms with Crippen molar-refractivity contribution in [1.29, 1.82) is 0 Å². The maximum Gasteiger partial charge on any atom is 0.0471 e. The van der Waals surface area contributed by atoms with Gasteiger partial charge in [0.2, 0.25) is 0 Å². The van der Waals surface area contributed by atoms with Crippen molar-refractivity contribution < 1.29 is 5.11 Å². The van der Waals surface area contributed by atoms with Crippen molar-refractivity contribution in [3.05, 3.63) is 0 Å². The molecule has 0 aromatic carbocycles. The first kappa shape index (κ1) is 8.02. The lowest BCUT2D eigenvalue weighted by Crippen LogP contribution is -2.32. The summed E-state index contributed by atoms with van der Waals surface area (Å²) >= 11 is 0. The molecule has 0 radical (unpaired) electrons. The Morgan fingerprint density at radius 3 is 2.80 bits per heavy atom. The van der Waals surface area contributed by atoms with Crippen LogP contribution in [0.2, 0.25) is 0 Å². The Balaban J connectivity index is 2.38. The van der Waals surface area contributed by atoms with Crippen molar-refractivity contribution in [2.24, 2.45) is 5.92 Å². The number of hydrogen-bond acceptors (Lipinski definition) is 2. The summed E-state index contributed by atoms with van der Waals surface area (Å²) in [5.41, 5.74) is 0. The van der Waals surface area contributed by atoms with Crippen molar-refractivity contribution in [2.45, 2.75) is 25.8 Å². The quantitative estimate of drug-likeness (QED) is 0.615. The Labute approximate surface area is 62.8 Å². The van der Waals surface area contributed by atoms with Gasteiger partial charge in [0.05, 0.1) is 0 Å². The van der Waals surface area contributed by atoms with Crippen LogP contribution in [0.25, 0.3) is 0 Å². The third kappa shape index (κ3) is 1.50. The monoisotopic (exact) mass is 143 g/mol. The van der Waals surface area contributed by atoms with E-state index in [9.17, 15) is 0 Å². The molecule has 10 heavy (non-hydrogen) atoms. The summed E-state index contributed by atoms with van der Waals surface area (Å²) in [5, 5.41) is 8.89. The van der Waals surface area contributed by atoms with Crippen LogP contribution in [0.1, 0.15) is 19.8 Å². The average Bonchev–Trinajstić information content (AvgIpc) is 2.34. The van der Waals surface area contributed by atoms with E-state index in [1.165, 1.54) is 19.4 Å². The largest absolute Gasteiger partial charge is 0.396 e. The van der Waals surface area contributed by atoms with Gasteiger partial charge in [-0.25, -0.2) is 0 Å². The van der Waals surface area contributed by atoms with Crippen molar-refractivity contribution >= 4 is 0 Å². The predicted molar refractivity (Wildman–Crippen MR) is 41.9 cm³/mol. The normalized spacial score (nSPS) is 30.9. The Morgan fingerprint density at radius 2 is 2.40 bits per heavy atom. The van der Waals surface area contributed by atoms with Gasteiger partial charge in [0.25, 0.3) is 0 Å². The van der Waals surface area contributed by atoms with E-state index >= 15 is 0 Å². The highest BCUT2D eigenvalue weighted by Crippen LogP contribution is 2.21. The highest BCUT2D eigenvalue weighted by Gasteiger charge is 2.25. The van der Waals surface area contributed by atoms with Gasteiger partial charge in [0, 0.05) is 12.6 Å². The fourth-order valence-corrected chi connectivity index (χ4v) is 1.78. The van der Waals surface area contributed by atoms with Gasteiger partial charge in [-0.05, 0) is 32.4 Å². The summed E-state index contributed by atoms with van der Waals surface area (Å²) in [7, 11) is 2.14. The summed E-state index contributed by atoms with van der Waals surface area (Å²) in [4.78, 5) is 2.35. The first-order chi connectivity index (χ1) is 4.75. The summed E-state index contributed by atoms with van der Waals surface area (Å²) in [6, 6.07) is 0.630. The second kappa shape index (κ2) is 3.35. The zero-order valence-corrected chi connectivity index (χ0v) is 6.88. The second-order valence-corrected chi connectivity index (χ2v) is 3.35. The van der Waals surface area contributed by atoms with Gasteiger partial charge in [0.15, 0.2) is 0 Å². The molecule has 2 atom stereocenters. The number of rotatable bonds is 2. The van der Waals surface area contributed by atoms with Gasteiger partial charge in [-0.2, -0.15) is 0 Å². The molecule has 2 heteroatoms. The average molecular weight is 143 g/mol. The van der Waals surface area contributed by atoms with E-state index in [0.29, 0.717) is 18.6 Å². The molecule has 0 amide bonds. The van der Waals surface area contributed by atoms with Gasteiger partial charge in [-0.3, -0.25) is 0 Å². The van der Waals surface area contributed by atoms with Crippen LogP contribution in [0.5, 0.6) is 0 Å². The molecule has 1 heterocycles. The third-order valence-electron chi connectivity index (χ3n) is 2.52. The molecule has 1 rings (SSSR count). The lowest BCUT2D eigenvalue weighted by Gasteiger charge is -2.24. The zero-order valence-electron chi connectivity index (χ0n) is 6.88. The summed E-state index contributed by atoms with van der Waals surface area (Å²) in [6.07, 6.45) is 2.56. The van der Waals surface area contributed by atoms with E-state index < -0.39 is 0 Å². The van der Waals surface area contributed by atoms with E-state index in [1.54, 1.807) is 0 Å². The molecular weight excluding hydrogens is 126 g/mol. The Kier molecular flexibility index (Phi) is 2.69. The molecule has 60 valence electrons. The number of nitrogens with zero attached hydrogens (tertiary/aromatic N) is 1. The smallest absolute Gasteiger partial charge is 0.0471 e. The number of likely N-dealkylation sites (tertiary alicyclic amines) is 1. The molecule has 1 N–H and O–H groups in total. The molecular formula is C8H17NO. The molecule has 2 unspecified atom stereocenters. The minimum absolute atomic E-state index is 0.328. The highest BCUT2D eigenvalue weighted by molar-refractivity contribution is 4.80. The fraction of sp³-hybridized carbons (Fsp3) is 1.00. The van der Waals surface area contributed by atoms with Gasteiger partial charge < -0.3 is 10.0 Å². The predicted octanol–water partition coefficient (Wildman–Crippen LogP) is 0.709. The maximum absolute atomic E-state index is 8.89. The van der Waals surface area contributed by atoms with Crippen LogP contribution in [0.4, 0.5) is 0 Å². The van der Waals surface area contributed by atoms with E-state index in [1.807, 2.05) is 0 Å². The standard InChI is InChI=1S/C8H17NO/c1-7(6-10)8-4-3-5-9(8)2/h7-8,10H,3-6H2,1-2H3. The Hall–Kier alpha value is -0.0800. The van der Waals surface area contributed by atoms with Crippen LogP contribution in [0.3, 0.4) is 0 Å². The number of aliphatic hydroxyl groups is 1. The minimum Gasteiger partial charge on any atom is -0.396 e. The molecule has 1 aliphatic rings. The van der Waals surface area contributed by atoms with Gasteiger partial charge in [-0.15, -0.1) is 0 Å². The molecule has 0 aromatic heterocycles. The van der Waals surface area contributed by atoms with Crippen molar-refractivity contribution in [3.8, 4) is 0 Å². The molecule has 0 saturated carbocycles. The van der Waals surface area contributed by atoms with Crippen LogP contribution in [0, 0.1) is 5.92 Å².